The van der Waals surface area contributed by atoms with Gasteiger partial charge in [-0.25, -0.2) is 13.7 Å². The van der Waals surface area contributed by atoms with Crippen LogP contribution >= 0.6 is 0 Å². The second kappa shape index (κ2) is 8.26. The number of likely N-dealkylation sites (tertiary alicyclic amines) is 1. The van der Waals surface area contributed by atoms with E-state index in [9.17, 15) is 18.4 Å². The maximum Gasteiger partial charge on any atom is 0.282 e. The van der Waals surface area contributed by atoms with Gasteiger partial charge in [-0.1, -0.05) is 19.1 Å². The third-order valence-electron chi connectivity index (χ3n) is 5.25. The number of hydrogen-bond donors (Lipinski definition) is 0. The van der Waals surface area contributed by atoms with Crippen LogP contribution in [0, 0.1) is 11.6 Å². The average Bonchev–Trinajstić information content (AvgIpc) is 3.34. The molecule has 0 bridgehead atoms. The standard InChI is InChI=1S/C23H22F2N2O3/c1-2-13-30-17-8-5-15(6-9-17)20-21(26-11-3-4-12-26)23(29)27(22(20)28)19-10-7-16(24)14-18(19)25/h5-10,14H,2-4,11-13H2,1H3. The fourth-order valence-electron chi connectivity index (χ4n) is 3.83. The number of amides is 2. The van der Waals surface area contributed by atoms with Gasteiger partial charge in [0.1, 0.15) is 23.1 Å². The second-order valence-electron chi connectivity index (χ2n) is 7.33. The largest absolute Gasteiger partial charge is 0.494 e. The molecule has 0 aromatic heterocycles. The van der Waals surface area contributed by atoms with E-state index in [1.165, 1.54) is 0 Å². The molecule has 0 saturated carbocycles. The number of rotatable bonds is 6. The number of nitrogens with zero attached hydrogens (tertiary/aromatic N) is 2. The lowest BCUT2D eigenvalue weighted by molar-refractivity contribution is -0.120. The van der Waals surface area contributed by atoms with Crippen molar-refractivity contribution >= 4 is 23.1 Å². The van der Waals surface area contributed by atoms with Crippen molar-refractivity contribution in [2.24, 2.45) is 0 Å². The molecule has 4 rings (SSSR count). The van der Waals surface area contributed by atoms with Crippen molar-refractivity contribution in [2.75, 3.05) is 24.6 Å². The molecule has 0 atom stereocenters. The predicted molar refractivity (Wildman–Crippen MR) is 109 cm³/mol. The van der Waals surface area contributed by atoms with Gasteiger partial charge in [-0.05, 0) is 49.1 Å². The van der Waals surface area contributed by atoms with E-state index in [0.29, 0.717) is 37.1 Å². The van der Waals surface area contributed by atoms with Gasteiger partial charge in [-0.2, -0.15) is 0 Å². The van der Waals surface area contributed by atoms with Crippen molar-refractivity contribution in [3.05, 3.63) is 65.4 Å². The highest BCUT2D eigenvalue weighted by Crippen LogP contribution is 2.37. The lowest BCUT2D eigenvalue weighted by Crippen LogP contribution is -2.35. The van der Waals surface area contributed by atoms with Gasteiger partial charge < -0.3 is 9.64 Å². The minimum atomic E-state index is -0.956. The lowest BCUT2D eigenvalue weighted by Gasteiger charge is -2.20. The molecule has 1 fully saturated rings. The van der Waals surface area contributed by atoms with Crippen LogP contribution in [0.5, 0.6) is 5.75 Å². The summed E-state index contributed by atoms with van der Waals surface area (Å²) in [6, 6.07) is 9.78. The van der Waals surface area contributed by atoms with E-state index >= 15 is 0 Å². The van der Waals surface area contributed by atoms with Gasteiger partial charge in [-0.3, -0.25) is 9.59 Å². The molecule has 2 heterocycles. The number of ether oxygens (including phenoxy) is 1. The van der Waals surface area contributed by atoms with Crippen molar-refractivity contribution in [1.82, 2.24) is 4.90 Å². The predicted octanol–water partition coefficient (Wildman–Crippen LogP) is 4.13. The Hall–Kier alpha value is -3.22. The Morgan fingerprint density at radius 2 is 1.67 bits per heavy atom. The molecule has 2 amide bonds. The molecule has 5 nitrogen and oxygen atoms in total. The molecule has 2 aliphatic rings. The summed E-state index contributed by atoms with van der Waals surface area (Å²) in [5.74, 6) is -2.27. The maximum atomic E-state index is 14.4. The van der Waals surface area contributed by atoms with Crippen molar-refractivity contribution in [3.8, 4) is 5.75 Å². The summed E-state index contributed by atoms with van der Waals surface area (Å²) in [7, 11) is 0. The molecule has 2 aromatic rings. The van der Waals surface area contributed by atoms with Gasteiger partial charge in [0.05, 0.1) is 17.9 Å². The minimum Gasteiger partial charge on any atom is -0.494 e. The molecule has 2 aliphatic heterocycles. The number of carbonyl (C=O) groups is 2. The van der Waals surface area contributed by atoms with Gasteiger partial charge >= 0.3 is 0 Å². The van der Waals surface area contributed by atoms with E-state index < -0.39 is 23.4 Å². The highest BCUT2D eigenvalue weighted by atomic mass is 19.1. The van der Waals surface area contributed by atoms with Gasteiger partial charge in [0, 0.05) is 19.2 Å². The Kier molecular flexibility index (Phi) is 5.53. The van der Waals surface area contributed by atoms with Crippen molar-refractivity contribution in [3.63, 3.8) is 0 Å². The number of carbonyl (C=O) groups excluding carboxylic acids is 2. The molecule has 0 unspecified atom stereocenters. The first kappa shape index (κ1) is 20.1. The first-order valence-electron chi connectivity index (χ1n) is 10.1. The summed E-state index contributed by atoms with van der Waals surface area (Å²) in [5.41, 5.74) is 0.807. The average molecular weight is 412 g/mol. The van der Waals surface area contributed by atoms with E-state index in [0.717, 1.165) is 36.3 Å². The summed E-state index contributed by atoms with van der Waals surface area (Å²) in [6.45, 7) is 3.88. The molecular weight excluding hydrogens is 390 g/mol. The molecule has 1 saturated heterocycles. The quantitative estimate of drug-likeness (QED) is 0.670. The minimum absolute atomic E-state index is 0.229. The molecule has 30 heavy (non-hydrogen) atoms. The fraction of sp³-hybridized carbons (Fsp3) is 0.304. The van der Waals surface area contributed by atoms with Crippen LogP contribution in [0.25, 0.3) is 5.57 Å². The molecule has 156 valence electrons. The summed E-state index contributed by atoms with van der Waals surface area (Å²) in [4.78, 5) is 29.2. The normalized spacial score (nSPS) is 16.8. The molecule has 2 aromatic carbocycles. The molecule has 0 radical (unpaired) electrons. The first-order chi connectivity index (χ1) is 14.5. The lowest BCUT2D eigenvalue weighted by atomic mass is 10.0. The summed E-state index contributed by atoms with van der Waals surface area (Å²) in [5, 5.41) is 0. The van der Waals surface area contributed by atoms with Crippen LogP contribution in [0.4, 0.5) is 14.5 Å². The van der Waals surface area contributed by atoms with Crippen LogP contribution in [0.2, 0.25) is 0 Å². The number of anilines is 1. The van der Waals surface area contributed by atoms with E-state index in [2.05, 4.69) is 0 Å². The zero-order chi connectivity index (χ0) is 21.3. The molecular formula is C23H22F2N2O3. The monoisotopic (exact) mass is 412 g/mol. The Morgan fingerprint density at radius 1 is 0.967 bits per heavy atom. The van der Waals surface area contributed by atoms with Crippen LogP contribution in [-0.2, 0) is 9.59 Å². The summed E-state index contributed by atoms with van der Waals surface area (Å²) in [6.07, 6.45) is 2.69. The van der Waals surface area contributed by atoms with Crippen LogP contribution in [0.3, 0.4) is 0 Å². The zero-order valence-corrected chi connectivity index (χ0v) is 16.7. The van der Waals surface area contributed by atoms with E-state index in [-0.39, 0.29) is 17.0 Å². The highest BCUT2D eigenvalue weighted by molar-refractivity contribution is 6.45. The SMILES string of the molecule is CCCOc1ccc(C2=C(N3CCCC3)C(=O)N(c3ccc(F)cc3F)C2=O)cc1. The Bertz CT molecular complexity index is 1010. The first-order valence-corrected chi connectivity index (χ1v) is 10.1. The highest BCUT2D eigenvalue weighted by Gasteiger charge is 2.43. The zero-order valence-electron chi connectivity index (χ0n) is 16.7. The van der Waals surface area contributed by atoms with E-state index in [1.54, 1.807) is 24.3 Å². The third kappa shape index (κ3) is 3.56. The van der Waals surface area contributed by atoms with Crippen molar-refractivity contribution < 1.29 is 23.1 Å². The molecule has 0 aliphatic carbocycles. The van der Waals surface area contributed by atoms with Crippen LogP contribution in [0.1, 0.15) is 31.7 Å². The van der Waals surface area contributed by atoms with Gasteiger partial charge in [-0.15, -0.1) is 0 Å². The van der Waals surface area contributed by atoms with Crippen LogP contribution < -0.4 is 9.64 Å². The van der Waals surface area contributed by atoms with Gasteiger partial charge in [0.2, 0.25) is 0 Å². The summed E-state index contributed by atoms with van der Waals surface area (Å²) >= 11 is 0. The van der Waals surface area contributed by atoms with E-state index in [1.807, 2.05) is 11.8 Å². The second-order valence-corrected chi connectivity index (χ2v) is 7.33. The number of halogens is 2. The van der Waals surface area contributed by atoms with E-state index in [4.69, 9.17) is 4.74 Å². The third-order valence-corrected chi connectivity index (χ3v) is 5.25. The Balaban J connectivity index is 1.76. The topological polar surface area (TPSA) is 49.9 Å². The van der Waals surface area contributed by atoms with Crippen molar-refractivity contribution in [2.45, 2.75) is 26.2 Å². The Morgan fingerprint density at radius 3 is 2.30 bits per heavy atom. The smallest absolute Gasteiger partial charge is 0.282 e. The number of benzene rings is 2. The van der Waals surface area contributed by atoms with Crippen LogP contribution in [0.15, 0.2) is 48.2 Å². The molecule has 0 N–H and O–H groups in total. The number of hydrogen-bond acceptors (Lipinski definition) is 4. The van der Waals surface area contributed by atoms with Gasteiger partial charge in [0.25, 0.3) is 11.8 Å². The van der Waals surface area contributed by atoms with Crippen molar-refractivity contribution in [1.29, 1.82) is 0 Å². The maximum absolute atomic E-state index is 14.4. The molecule has 0 spiro atoms. The molecule has 7 heteroatoms. The van der Waals surface area contributed by atoms with Gasteiger partial charge in [0.15, 0.2) is 0 Å². The summed E-state index contributed by atoms with van der Waals surface area (Å²) < 4.78 is 33.4. The van der Waals surface area contributed by atoms with Crippen LogP contribution in [-0.4, -0.2) is 36.4 Å². The number of imide groups is 1. The fourth-order valence-corrected chi connectivity index (χ4v) is 3.83. The Labute approximate surface area is 173 Å².